The molecule has 0 unspecified atom stereocenters. The molecule has 25 heavy (non-hydrogen) atoms. The van der Waals surface area contributed by atoms with Crippen molar-refractivity contribution in [3.05, 3.63) is 24.2 Å². The molecule has 0 amide bonds. The standard InChI is InChI=1S/C17H23N5O3/c1-10(2)4-3-7-17(8-18)15(24)13(23)14(25-17)11-5-6-12-16(19)20-9-21-22(11)12/h5-6,9-10,13-15,23-24H,3-4,7H2,1-2H3,(H2,19,20,21)/t13-,14-,15-,17+/m0/s1. The fraction of sp³-hybridized carbons (Fsp3) is 0.588. The molecule has 8 nitrogen and oxygen atoms in total. The van der Waals surface area contributed by atoms with Crippen LogP contribution in [0.5, 0.6) is 0 Å². The summed E-state index contributed by atoms with van der Waals surface area (Å²) in [5, 5.41) is 34.8. The van der Waals surface area contributed by atoms with E-state index in [2.05, 4.69) is 30.0 Å². The van der Waals surface area contributed by atoms with Crippen molar-refractivity contribution in [3.8, 4) is 6.07 Å². The summed E-state index contributed by atoms with van der Waals surface area (Å²) < 4.78 is 7.43. The topological polar surface area (TPSA) is 130 Å². The van der Waals surface area contributed by atoms with E-state index in [0.29, 0.717) is 29.4 Å². The zero-order valence-electron chi connectivity index (χ0n) is 14.3. The molecule has 3 heterocycles. The minimum Gasteiger partial charge on any atom is -0.387 e. The van der Waals surface area contributed by atoms with Crippen molar-refractivity contribution in [2.75, 3.05) is 5.73 Å². The van der Waals surface area contributed by atoms with E-state index in [1.807, 2.05) is 0 Å². The Morgan fingerprint density at radius 1 is 1.44 bits per heavy atom. The molecule has 1 fully saturated rings. The molecule has 1 aliphatic rings. The molecular formula is C17H23N5O3. The van der Waals surface area contributed by atoms with Gasteiger partial charge in [0.15, 0.2) is 11.4 Å². The van der Waals surface area contributed by atoms with Crippen LogP contribution < -0.4 is 5.73 Å². The van der Waals surface area contributed by atoms with Gasteiger partial charge >= 0.3 is 0 Å². The average molecular weight is 345 g/mol. The van der Waals surface area contributed by atoms with Gasteiger partial charge in [-0.1, -0.05) is 20.3 Å². The number of anilines is 1. The van der Waals surface area contributed by atoms with E-state index < -0.39 is 23.9 Å². The highest BCUT2D eigenvalue weighted by Gasteiger charge is 2.55. The molecule has 2 aromatic heterocycles. The van der Waals surface area contributed by atoms with Crippen LogP contribution in [0.1, 0.15) is 44.9 Å². The van der Waals surface area contributed by atoms with Gasteiger partial charge in [0.1, 0.15) is 36.2 Å². The number of nitrogens with zero attached hydrogens (tertiary/aromatic N) is 4. The third-order valence-electron chi connectivity index (χ3n) is 4.77. The van der Waals surface area contributed by atoms with Crippen molar-refractivity contribution in [2.24, 2.45) is 5.92 Å². The molecule has 1 aliphatic heterocycles. The van der Waals surface area contributed by atoms with Gasteiger partial charge in [0.2, 0.25) is 0 Å². The fourth-order valence-electron chi connectivity index (χ4n) is 3.36. The van der Waals surface area contributed by atoms with E-state index in [9.17, 15) is 15.5 Å². The normalized spacial score (nSPS) is 29.4. The highest BCUT2D eigenvalue weighted by molar-refractivity contribution is 5.65. The number of ether oxygens (including phenoxy) is 1. The van der Waals surface area contributed by atoms with Crippen molar-refractivity contribution < 1.29 is 14.9 Å². The quantitative estimate of drug-likeness (QED) is 0.742. The number of aliphatic hydroxyl groups excluding tert-OH is 2. The lowest BCUT2D eigenvalue weighted by Crippen LogP contribution is -2.41. The lowest BCUT2D eigenvalue weighted by molar-refractivity contribution is -0.0514. The van der Waals surface area contributed by atoms with E-state index in [0.717, 1.165) is 12.8 Å². The fourth-order valence-corrected chi connectivity index (χ4v) is 3.36. The summed E-state index contributed by atoms with van der Waals surface area (Å²) in [6.45, 7) is 4.19. The zero-order chi connectivity index (χ0) is 18.2. The molecule has 2 aromatic rings. The Morgan fingerprint density at radius 3 is 2.88 bits per heavy atom. The first-order chi connectivity index (χ1) is 11.9. The maximum Gasteiger partial charge on any atom is 0.183 e. The van der Waals surface area contributed by atoms with E-state index in [1.54, 1.807) is 12.1 Å². The number of aromatic nitrogens is 3. The first kappa shape index (κ1) is 17.6. The highest BCUT2D eigenvalue weighted by Crippen LogP contribution is 2.43. The lowest BCUT2D eigenvalue weighted by Gasteiger charge is -2.24. The van der Waals surface area contributed by atoms with Gasteiger partial charge in [-0.05, 0) is 30.9 Å². The van der Waals surface area contributed by atoms with Gasteiger partial charge in [-0.3, -0.25) is 0 Å². The van der Waals surface area contributed by atoms with E-state index in [-0.39, 0.29) is 0 Å². The predicted molar refractivity (Wildman–Crippen MR) is 90.3 cm³/mol. The predicted octanol–water partition coefficient (Wildman–Crippen LogP) is 1.19. The first-order valence-electron chi connectivity index (χ1n) is 8.43. The van der Waals surface area contributed by atoms with Crippen molar-refractivity contribution in [1.29, 1.82) is 5.26 Å². The molecule has 0 aliphatic carbocycles. The second-order valence-corrected chi connectivity index (χ2v) is 6.96. The molecule has 8 heteroatoms. The highest BCUT2D eigenvalue weighted by atomic mass is 16.6. The number of nitrogen functional groups attached to an aromatic ring is 1. The Kier molecular flexibility index (Phi) is 4.64. The summed E-state index contributed by atoms with van der Waals surface area (Å²) in [6, 6.07) is 5.52. The maximum absolute atomic E-state index is 10.5. The molecule has 4 N–H and O–H groups in total. The Hall–Kier alpha value is -2.21. The van der Waals surface area contributed by atoms with Crippen LogP contribution in [0.3, 0.4) is 0 Å². The SMILES string of the molecule is CC(C)CCC[C@]1(C#N)O[C@@H](c2ccc3c(N)ncnn23)[C@H](O)[C@@H]1O. The van der Waals surface area contributed by atoms with Gasteiger partial charge in [0, 0.05) is 0 Å². The molecule has 4 atom stereocenters. The van der Waals surface area contributed by atoms with Crippen LogP contribution in [0.2, 0.25) is 0 Å². The first-order valence-corrected chi connectivity index (χ1v) is 8.43. The van der Waals surface area contributed by atoms with Crippen LogP contribution in [0, 0.1) is 17.2 Å². The lowest BCUT2D eigenvalue weighted by atomic mass is 9.89. The Labute approximate surface area is 145 Å². The van der Waals surface area contributed by atoms with Crippen LogP contribution in [0.25, 0.3) is 5.52 Å². The summed E-state index contributed by atoms with van der Waals surface area (Å²) >= 11 is 0. The molecule has 0 bridgehead atoms. The van der Waals surface area contributed by atoms with Gasteiger partial charge in [-0.15, -0.1) is 0 Å². The van der Waals surface area contributed by atoms with Crippen LogP contribution in [-0.4, -0.2) is 42.6 Å². The molecule has 0 aromatic carbocycles. The van der Waals surface area contributed by atoms with Crippen molar-refractivity contribution in [3.63, 3.8) is 0 Å². The molecule has 134 valence electrons. The third-order valence-corrected chi connectivity index (χ3v) is 4.77. The molecular weight excluding hydrogens is 322 g/mol. The summed E-state index contributed by atoms with van der Waals surface area (Å²) in [7, 11) is 0. The molecule has 1 saturated heterocycles. The Morgan fingerprint density at radius 2 is 2.20 bits per heavy atom. The number of nitrogens with two attached hydrogens (primary N) is 1. The zero-order valence-corrected chi connectivity index (χ0v) is 14.3. The van der Waals surface area contributed by atoms with Gasteiger partial charge in [0.05, 0.1) is 5.69 Å². The number of hydrogen-bond acceptors (Lipinski definition) is 7. The van der Waals surface area contributed by atoms with E-state index in [1.165, 1.54) is 10.8 Å². The molecule has 3 rings (SSSR count). The summed E-state index contributed by atoms with van der Waals surface area (Å²) in [5.74, 6) is 0.794. The number of fused-ring (bicyclic) bond motifs is 1. The Bertz CT molecular complexity index is 799. The third kappa shape index (κ3) is 2.95. The van der Waals surface area contributed by atoms with Crippen molar-refractivity contribution in [1.82, 2.24) is 14.6 Å². The van der Waals surface area contributed by atoms with Gasteiger partial charge < -0.3 is 20.7 Å². The van der Waals surface area contributed by atoms with Gasteiger partial charge in [-0.2, -0.15) is 10.4 Å². The minimum atomic E-state index is -1.43. The van der Waals surface area contributed by atoms with E-state index >= 15 is 0 Å². The summed E-state index contributed by atoms with van der Waals surface area (Å²) in [4.78, 5) is 3.92. The largest absolute Gasteiger partial charge is 0.387 e. The molecule has 0 spiro atoms. The van der Waals surface area contributed by atoms with Crippen molar-refractivity contribution in [2.45, 2.75) is 57.0 Å². The van der Waals surface area contributed by atoms with Gasteiger partial charge in [-0.25, -0.2) is 9.50 Å². The van der Waals surface area contributed by atoms with Crippen LogP contribution in [-0.2, 0) is 4.74 Å². The molecule has 0 saturated carbocycles. The van der Waals surface area contributed by atoms with Gasteiger partial charge in [0.25, 0.3) is 0 Å². The Balaban J connectivity index is 1.90. The second-order valence-electron chi connectivity index (χ2n) is 6.96. The number of aliphatic hydroxyl groups is 2. The minimum absolute atomic E-state index is 0.303. The van der Waals surface area contributed by atoms with Crippen molar-refractivity contribution >= 4 is 11.3 Å². The van der Waals surface area contributed by atoms with E-state index in [4.69, 9.17) is 10.5 Å². The smallest absolute Gasteiger partial charge is 0.183 e. The summed E-state index contributed by atoms with van der Waals surface area (Å²) in [5.41, 5.74) is 5.50. The summed E-state index contributed by atoms with van der Waals surface area (Å²) in [6.07, 6.45) is -0.0809. The van der Waals surface area contributed by atoms with Crippen LogP contribution >= 0.6 is 0 Å². The molecule has 0 radical (unpaired) electrons. The van der Waals surface area contributed by atoms with Crippen LogP contribution in [0.15, 0.2) is 18.5 Å². The maximum atomic E-state index is 10.5. The number of hydrogen-bond donors (Lipinski definition) is 3. The van der Waals surface area contributed by atoms with Crippen LogP contribution in [0.4, 0.5) is 5.82 Å². The number of nitriles is 1. The number of rotatable bonds is 5. The monoisotopic (exact) mass is 345 g/mol. The second kappa shape index (κ2) is 6.59. The average Bonchev–Trinajstić information content (AvgIpc) is 3.11.